The summed E-state index contributed by atoms with van der Waals surface area (Å²) in [7, 11) is 0. The van der Waals surface area contributed by atoms with E-state index in [4.69, 9.17) is 0 Å². The van der Waals surface area contributed by atoms with Crippen molar-refractivity contribution in [2.45, 2.75) is 17.1 Å². The van der Waals surface area contributed by atoms with Crippen molar-refractivity contribution in [3.63, 3.8) is 0 Å². The van der Waals surface area contributed by atoms with Crippen LogP contribution in [-0.4, -0.2) is 37.5 Å². The summed E-state index contributed by atoms with van der Waals surface area (Å²) in [6.07, 6.45) is 4.62. The summed E-state index contributed by atoms with van der Waals surface area (Å²) in [5.41, 5.74) is 1.55. The van der Waals surface area contributed by atoms with Crippen molar-refractivity contribution in [3.8, 4) is 5.82 Å². The molecule has 120 valence electrons. The molecule has 0 bridgehead atoms. The van der Waals surface area contributed by atoms with Crippen molar-refractivity contribution in [1.29, 1.82) is 0 Å². The van der Waals surface area contributed by atoms with E-state index in [0.29, 0.717) is 23.2 Å². The van der Waals surface area contributed by atoms with Crippen LogP contribution in [0.1, 0.15) is 17.3 Å². The number of thioether (sulfide) groups is 1. The van der Waals surface area contributed by atoms with Crippen LogP contribution in [0.15, 0.2) is 60.1 Å². The molecular weight excluding hydrogens is 322 g/mol. The number of nitrogens with zero attached hydrogens (tertiary/aromatic N) is 5. The Kier molecular flexibility index (Phi) is 3.78. The number of hydrogen-bond acceptors (Lipinski definition) is 5. The molecule has 2 aromatic heterocycles. The Hall–Kier alpha value is -2.67. The van der Waals surface area contributed by atoms with Crippen molar-refractivity contribution in [3.05, 3.63) is 60.8 Å². The first-order chi connectivity index (χ1) is 11.7. The molecule has 0 radical (unpaired) electrons. The number of benzene rings is 1. The number of amides is 1. The second-order valence-electron chi connectivity index (χ2n) is 5.55. The van der Waals surface area contributed by atoms with Gasteiger partial charge in [-0.05, 0) is 24.3 Å². The largest absolute Gasteiger partial charge is 0.306 e. The third-order valence-electron chi connectivity index (χ3n) is 3.81. The van der Waals surface area contributed by atoms with Crippen molar-refractivity contribution >= 4 is 23.4 Å². The minimum atomic E-state index is -0.0293. The molecule has 24 heavy (non-hydrogen) atoms. The van der Waals surface area contributed by atoms with E-state index in [2.05, 4.69) is 28.1 Å². The van der Waals surface area contributed by atoms with Gasteiger partial charge in [0.05, 0.1) is 5.69 Å². The van der Waals surface area contributed by atoms with Crippen molar-refractivity contribution in [2.75, 3.05) is 11.4 Å². The molecule has 3 aromatic rings. The predicted octanol–water partition coefficient (Wildman–Crippen LogP) is 2.80. The quantitative estimate of drug-likeness (QED) is 0.719. The van der Waals surface area contributed by atoms with Crippen molar-refractivity contribution < 1.29 is 4.79 Å². The minimum absolute atomic E-state index is 0.0293. The van der Waals surface area contributed by atoms with Crippen LogP contribution in [0.3, 0.4) is 0 Å². The van der Waals surface area contributed by atoms with Crippen molar-refractivity contribution in [2.24, 2.45) is 0 Å². The standard InChI is InChI=1S/C17H15N5OS/c1-12-9-21(14-4-2-3-5-15(14)24-12)17(23)13-6-7-19-16(8-13)22-11-18-10-20-22/h2-8,10-12H,9H2,1H3. The molecule has 0 N–H and O–H groups in total. The number of fused-ring (bicyclic) bond motifs is 1. The molecular formula is C17H15N5OS. The van der Waals surface area contributed by atoms with E-state index in [1.807, 2.05) is 23.1 Å². The van der Waals surface area contributed by atoms with Gasteiger partial charge in [0.2, 0.25) is 0 Å². The molecule has 1 aromatic carbocycles. The molecule has 0 spiro atoms. The van der Waals surface area contributed by atoms with E-state index in [1.54, 1.807) is 41.1 Å². The lowest BCUT2D eigenvalue weighted by Gasteiger charge is -2.32. The second kappa shape index (κ2) is 6.09. The highest BCUT2D eigenvalue weighted by Crippen LogP contribution is 2.38. The van der Waals surface area contributed by atoms with Crippen LogP contribution in [0.25, 0.3) is 5.82 Å². The predicted molar refractivity (Wildman–Crippen MR) is 92.6 cm³/mol. The zero-order chi connectivity index (χ0) is 16.5. The molecule has 4 rings (SSSR count). The average molecular weight is 337 g/mol. The number of rotatable bonds is 2. The summed E-state index contributed by atoms with van der Waals surface area (Å²) < 4.78 is 1.54. The molecule has 0 saturated heterocycles. The fourth-order valence-electron chi connectivity index (χ4n) is 2.74. The molecule has 3 heterocycles. The zero-order valence-corrected chi connectivity index (χ0v) is 13.8. The summed E-state index contributed by atoms with van der Waals surface area (Å²) in [4.78, 5) is 24.2. The van der Waals surface area contributed by atoms with Gasteiger partial charge in [0.25, 0.3) is 5.91 Å². The molecule has 1 aliphatic heterocycles. The fraction of sp³-hybridized carbons (Fsp3) is 0.176. The number of pyridine rings is 1. The summed E-state index contributed by atoms with van der Waals surface area (Å²) in [6, 6.07) is 11.5. The SMILES string of the molecule is CC1CN(C(=O)c2ccnc(-n3cncn3)c2)c2ccccc2S1. The number of aromatic nitrogens is 4. The molecule has 1 atom stereocenters. The first-order valence-electron chi connectivity index (χ1n) is 7.61. The Morgan fingerprint density at radius 2 is 2.17 bits per heavy atom. The normalized spacial score (nSPS) is 16.7. The Labute approximate surface area is 143 Å². The maximum Gasteiger partial charge on any atom is 0.258 e. The lowest BCUT2D eigenvalue weighted by Crippen LogP contribution is -2.38. The minimum Gasteiger partial charge on any atom is -0.306 e. The Balaban J connectivity index is 1.71. The van der Waals surface area contributed by atoms with E-state index in [9.17, 15) is 4.79 Å². The van der Waals surface area contributed by atoms with Crippen LogP contribution in [-0.2, 0) is 0 Å². The van der Waals surface area contributed by atoms with Gasteiger partial charge in [-0.1, -0.05) is 19.1 Å². The Bertz CT molecular complexity index is 880. The zero-order valence-electron chi connectivity index (χ0n) is 13.0. The van der Waals surface area contributed by atoms with Crippen LogP contribution < -0.4 is 4.90 Å². The summed E-state index contributed by atoms with van der Waals surface area (Å²) in [5.74, 6) is 0.546. The Morgan fingerprint density at radius 1 is 1.29 bits per heavy atom. The van der Waals surface area contributed by atoms with E-state index < -0.39 is 0 Å². The van der Waals surface area contributed by atoms with E-state index in [1.165, 1.54) is 6.33 Å². The van der Waals surface area contributed by atoms with E-state index in [-0.39, 0.29) is 5.91 Å². The number of para-hydroxylation sites is 1. The van der Waals surface area contributed by atoms with Gasteiger partial charge in [-0.2, -0.15) is 5.10 Å². The van der Waals surface area contributed by atoms with Crippen LogP contribution in [0.2, 0.25) is 0 Å². The van der Waals surface area contributed by atoms with Crippen LogP contribution in [0.5, 0.6) is 0 Å². The lowest BCUT2D eigenvalue weighted by molar-refractivity contribution is 0.0986. The molecule has 6 nitrogen and oxygen atoms in total. The fourth-order valence-corrected chi connectivity index (χ4v) is 3.85. The van der Waals surface area contributed by atoms with Crippen LogP contribution in [0.4, 0.5) is 5.69 Å². The highest BCUT2D eigenvalue weighted by atomic mass is 32.2. The Morgan fingerprint density at radius 3 is 3.00 bits per heavy atom. The maximum absolute atomic E-state index is 13.1. The summed E-state index contributed by atoms with van der Waals surface area (Å²) in [6.45, 7) is 2.82. The van der Waals surface area contributed by atoms with E-state index in [0.717, 1.165) is 10.6 Å². The van der Waals surface area contributed by atoms with Crippen LogP contribution >= 0.6 is 11.8 Å². The highest BCUT2D eigenvalue weighted by Gasteiger charge is 2.27. The lowest BCUT2D eigenvalue weighted by atomic mass is 10.2. The number of carbonyl (C=O) groups is 1. The second-order valence-corrected chi connectivity index (χ2v) is 7.03. The molecule has 1 aliphatic rings. The molecule has 0 aliphatic carbocycles. The maximum atomic E-state index is 13.1. The summed E-state index contributed by atoms with van der Waals surface area (Å²) >= 11 is 1.80. The highest BCUT2D eigenvalue weighted by molar-refractivity contribution is 8.00. The number of hydrogen-bond donors (Lipinski definition) is 0. The van der Waals surface area contributed by atoms with Gasteiger partial charge < -0.3 is 4.90 Å². The van der Waals surface area contributed by atoms with Gasteiger partial charge in [0, 0.05) is 28.5 Å². The third-order valence-corrected chi connectivity index (χ3v) is 4.97. The smallest absolute Gasteiger partial charge is 0.258 e. The van der Waals surface area contributed by atoms with Gasteiger partial charge in [0.15, 0.2) is 5.82 Å². The van der Waals surface area contributed by atoms with Crippen LogP contribution in [0, 0.1) is 0 Å². The summed E-state index contributed by atoms with van der Waals surface area (Å²) in [5, 5.41) is 4.41. The first kappa shape index (κ1) is 14.9. The number of anilines is 1. The van der Waals surface area contributed by atoms with Gasteiger partial charge in [0.1, 0.15) is 12.7 Å². The average Bonchev–Trinajstić information content (AvgIpc) is 3.15. The van der Waals surface area contributed by atoms with Gasteiger partial charge in [-0.3, -0.25) is 4.79 Å². The monoisotopic (exact) mass is 337 g/mol. The first-order valence-corrected chi connectivity index (χ1v) is 8.49. The van der Waals surface area contributed by atoms with Gasteiger partial charge >= 0.3 is 0 Å². The van der Waals surface area contributed by atoms with Crippen molar-refractivity contribution in [1.82, 2.24) is 19.7 Å². The molecule has 7 heteroatoms. The molecule has 0 saturated carbocycles. The van der Waals surface area contributed by atoms with Gasteiger partial charge in [-0.25, -0.2) is 14.6 Å². The van der Waals surface area contributed by atoms with E-state index >= 15 is 0 Å². The topological polar surface area (TPSA) is 63.9 Å². The van der Waals surface area contributed by atoms with Gasteiger partial charge in [-0.15, -0.1) is 11.8 Å². The molecule has 0 fully saturated rings. The molecule has 1 unspecified atom stereocenters. The third kappa shape index (κ3) is 2.67. The molecule has 1 amide bonds. The number of carbonyl (C=O) groups excluding carboxylic acids is 1.